The number of nitrogens with zero attached hydrogens (tertiary/aromatic N) is 5. The average molecular weight is 752 g/mol. The Morgan fingerprint density at radius 1 is 0.304 bits per heavy atom. The standard InChI is InChI=1S/C49H29N5S2/c1-4-14-30(15-5-1)33-20-12-21-34(28-33)48-52-47(32-18-8-3-9-19-32)53-49(54-48)35-26-27-41-39(29-35)36-23-13-24-38(44(36)55-41)43-45-42(37-22-10-11-25-40(37)56-45)50-46(51-43)31-16-6-2-7-17-31/h1-29H. The minimum Gasteiger partial charge on any atom is -0.226 e. The van der Waals surface area contributed by atoms with Crippen LogP contribution in [0.3, 0.4) is 0 Å². The zero-order valence-electron chi connectivity index (χ0n) is 29.8. The van der Waals surface area contributed by atoms with Gasteiger partial charge >= 0.3 is 0 Å². The molecule has 7 heteroatoms. The second-order valence-electron chi connectivity index (χ2n) is 13.7. The van der Waals surface area contributed by atoms with Crippen LogP contribution in [-0.4, -0.2) is 24.9 Å². The van der Waals surface area contributed by atoms with E-state index < -0.39 is 0 Å². The summed E-state index contributed by atoms with van der Waals surface area (Å²) < 4.78 is 4.68. The highest BCUT2D eigenvalue weighted by atomic mass is 32.1. The van der Waals surface area contributed by atoms with E-state index in [2.05, 4.69) is 121 Å². The lowest BCUT2D eigenvalue weighted by Gasteiger charge is -2.10. The molecule has 0 spiro atoms. The number of rotatable bonds is 6. The quantitative estimate of drug-likeness (QED) is 0.169. The van der Waals surface area contributed by atoms with Crippen LogP contribution in [-0.2, 0) is 0 Å². The zero-order chi connectivity index (χ0) is 37.0. The van der Waals surface area contributed by atoms with E-state index >= 15 is 0 Å². The number of aromatic nitrogens is 5. The summed E-state index contributed by atoms with van der Waals surface area (Å²) in [4.78, 5) is 25.7. The minimum atomic E-state index is 0.631. The molecule has 56 heavy (non-hydrogen) atoms. The molecule has 0 saturated heterocycles. The summed E-state index contributed by atoms with van der Waals surface area (Å²) in [6, 6.07) is 60.9. The largest absolute Gasteiger partial charge is 0.226 e. The van der Waals surface area contributed by atoms with Crippen LogP contribution in [0.2, 0.25) is 0 Å². The molecule has 0 atom stereocenters. The summed E-state index contributed by atoms with van der Waals surface area (Å²) in [5.74, 6) is 2.63. The molecule has 0 aliphatic carbocycles. The van der Waals surface area contributed by atoms with Crippen LogP contribution in [0.25, 0.3) is 108 Å². The molecule has 0 N–H and O–H groups in total. The number of hydrogen-bond donors (Lipinski definition) is 0. The summed E-state index contributed by atoms with van der Waals surface area (Å²) in [5, 5.41) is 3.48. The SMILES string of the molecule is c1ccc(-c2cccc(-c3nc(-c4ccccc4)nc(-c4ccc5sc6c(-c7nc(-c8ccccc8)nc8c7sc7ccccc78)cccc6c5c4)n3)c2)cc1. The van der Waals surface area contributed by atoms with E-state index in [1.807, 2.05) is 54.6 Å². The van der Waals surface area contributed by atoms with E-state index in [1.165, 1.54) is 19.5 Å². The van der Waals surface area contributed by atoms with E-state index in [-0.39, 0.29) is 0 Å². The van der Waals surface area contributed by atoms with Crippen molar-refractivity contribution in [3.63, 3.8) is 0 Å². The Hall–Kier alpha value is -6.93. The lowest BCUT2D eigenvalue weighted by molar-refractivity contribution is 1.07. The van der Waals surface area contributed by atoms with Crippen molar-refractivity contribution in [2.24, 2.45) is 0 Å². The normalized spacial score (nSPS) is 11.6. The third-order valence-electron chi connectivity index (χ3n) is 10.2. The highest BCUT2D eigenvalue weighted by molar-refractivity contribution is 7.27. The van der Waals surface area contributed by atoms with Gasteiger partial charge in [-0.3, -0.25) is 0 Å². The van der Waals surface area contributed by atoms with Crippen molar-refractivity contribution in [2.75, 3.05) is 0 Å². The van der Waals surface area contributed by atoms with Crippen LogP contribution in [0.5, 0.6) is 0 Å². The molecule has 5 nitrogen and oxygen atoms in total. The Kier molecular flexibility index (Phi) is 7.79. The highest BCUT2D eigenvalue weighted by Crippen LogP contribution is 2.45. The summed E-state index contributed by atoms with van der Waals surface area (Å²) >= 11 is 3.55. The van der Waals surface area contributed by atoms with Crippen LogP contribution >= 0.6 is 22.7 Å². The van der Waals surface area contributed by atoms with Crippen molar-refractivity contribution in [1.29, 1.82) is 0 Å². The fourth-order valence-electron chi connectivity index (χ4n) is 7.43. The maximum atomic E-state index is 5.30. The lowest BCUT2D eigenvalue weighted by Crippen LogP contribution is -2.00. The molecule has 11 aromatic rings. The molecule has 262 valence electrons. The van der Waals surface area contributed by atoms with Gasteiger partial charge in [0, 0.05) is 58.1 Å². The van der Waals surface area contributed by atoms with Gasteiger partial charge in [0.25, 0.3) is 0 Å². The molecule has 0 aliphatic rings. The van der Waals surface area contributed by atoms with Gasteiger partial charge in [0.2, 0.25) is 0 Å². The maximum Gasteiger partial charge on any atom is 0.164 e. The molecular weight excluding hydrogens is 723 g/mol. The smallest absolute Gasteiger partial charge is 0.164 e. The van der Waals surface area contributed by atoms with Gasteiger partial charge in [0.15, 0.2) is 23.3 Å². The number of hydrogen-bond acceptors (Lipinski definition) is 7. The highest BCUT2D eigenvalue weighted by Gasteiger charge is 2.20. The Balaban J connectivity index is 1.08. The van der Waals surface area contributed by atoms with Crippen molar-refractivity contribution in [1.82, 2.24) is 24.9 Å². The Morgan fingerprint density at radius 2 is 0.821 bits per heavy atom. The summed E-state index contributed by atoms with van der Waals surface area (Å²) in [7, 11) is 0. The average Bonchev–Trinajstić information content (AvgIpc) is 3.85. The molecule has 0 radical (unpaired) electrons. The summed E-state index contributed by atoms with van der Waals surface area (Å²) in [6.45, 7) is 0. The third kappa shape index (κ3) is 5.64. The molecule has 0 bridgehead atoms. The monoisotopic (exact) mass is 751 g/mol. The second-order valence-corrected chi connectivity index (χ2v) is 15.8. The molecular formula is C49H29N5S2. The molecule has 0 amide bonds. The third-order valence-corrected chi connectivity index (χ3v) is 12.5. The van der Waals surface area contributed by atoms with Crippen LogP contribution in [0.1, 0.15) is 0 Å². The van der Waals surface area contributed by atoms with Crippen LogP contribution in [0.15, 0.2) is 176 Å². The van der Waals surface area contributed by atoms with Gasteiger partial charge < -0.3 is 0 Å². The molecule has 0 unspecified atom stereocenters. The van der Waals surface area contributed by atoms with Crippen LogP contribution in [0, 0.1) is 0 Å². The zero-order valence-corrected chi connectivity index (χ0v) is 31.4. The number of benzene rings is 7. The van der Waals surface area contributed by atoms with Crippen molar-refractivity contribution in [3.05, 3.63) is 176 Å². The van der Waals surface area contributed by atoms with E-state index in [4.69, 9.17) is 24.9 Å². The first-order valence-electron chi connectivity index (χ1n) is 18.4. The van der Waals surface area contributed by atoms with E-state index in [0.717, 1.165) is 71.5 Å². The first-order chi connectivity index (χ1) is 27.7. The molecule has 11 rings (SSSR count). The lowest BCUT2D eigenvalue weighted by atomic mass is 10.0. The first kappa shape index (κ1) is 32.5. The van der Waals surface area contributed by atoms with E-state index in [0.29, 0.717) is 17.5 Å². The van der Waals surface area contributed by atoms with Gasteiger partial charge in [0.1, 0.15) is 0 Å². The fourth-order valence-corrected chi connectivity index (χ4v) is 9.78. The van der Waals surface area contributed by atoms with Crippen molar-refractivity contribution in [2.45, 2.75) is 0 Å². The Labute approximate surface area is 330 Å². The van der Waals surface area contributed by atoms with Gasteiger partial charge in [-0.05, 0) is 41.5 Å². The Bertz CT molecular complexity index is 3250. The predicted octanol–water partition coefficient (Wildman–Crippen LogP) is 13.4. The minimum absolute atomic E-state index is 0.631. The maximum absolute atomic E-state index is 5.30. The van der Waals surface area contributed by atoms with Crippen molar-refractivity contribution < 1.29 is 0 Å². The molecule has 4 heterocycles. The summed E-state index contributed by atoms with van der Waals surface area (Å²) in [6.07, 6.45) is 0. The molecule has 0 fully saturated rings. The topological polar surface area (TPSA) is 64.5 Å². The number of fused-ring (bicyclic) bond motifs is 6. The predicted molar refractivity (Wildman–Crippen MR) is 234 cm³/mol. The Morgan fingerprint density at radius 3 is 1.55 bits per heavy atom. The molecule has 4 aromatic heterocycles. The first-order valence-corrected chi connectivity index (χ1v) is 20.0. The number of thiophene rings is 2. The van der Waals surface area contributed by atoms with Gasteiger partial charge in [-0.1, -0.05) is 146 Å². The van der Waals surface area contributed by atoms with Crippen LogP contribution < -0.4 is 0 Å². The van der Waals surface area contributed by atoms with E-state index in [9.17, 15) is 0 Å². The van der Waals surface area contributed by atoms with Crippen molar-refractivity contribution in [3.8, 4) is 67.9 Å². The molecule has 0 aliphatic heterocycles. The molecule has 0 saturated carbocycles. The fraction of sp³-hybridized carbons (Fsp3) is 0. The van der Waals surface area contributed by atoms with E-state index in [1.54, 1.807) is 22.7 Å². The second kappa shape index (κ2) is 13.4. The van der Waals surface area contributed by atoms with Gasteiger partial charge in [0.05, 0.1) is 15.9 Å². The summed E-state index contributed by atoms with van der Waals surface area (Å²) in [5.41, 5.74) is 9.12. The van der Waals surface area contributed by atoms with Crippen LogP contribution in [0.4, 0.5) is 0 Å². The van der Waals surface area contributed by atoms with Crippen molar-refractivity contribution >= 4 is 63.1 Å². The van der Waals surface area contributed by atoms with Gasteiger partial charge in [-0.15, -0.1) is 22.7 Å². The van der Waals surface area contributed by atoms with Gasteiger partial charge in [-0.25, -0.2) is 24.9 Å². The molecule has 7 aromatic carbocycles. The van der Waals surface area contributed by atoms with Gasteiger partial charge in [-0.2, -0.15) is 0 Å².